The molecule has 0 spiro atoms. The van der Waals surface area contributed by atoms with Gasteiger partial charge in [-0.1, -0.05) is 37.3 Å². The molecule has 6 atom stereocenters. The number of imide groups is 2. The molecule has 2 N–H and O–H groups in total. The summed E-state index contributed by atoms with van der Waals surface area (Å²) in [5.74, 6) is 1.83. The molecule has 0 bridgehead atoms. The molecule has 0 aromatic heterocycles. The minimum absolute atomic E-state index is 0.0852. The summed E-state index contributed by atoms with van der Waals surface area (Å²) in [6.45, 7) is 8.61. The molecule has 3 heterocycles. The van der Waals surface area contributed by atoms with Gasteiger partial charge < -0.3 is 14.7 Å². The van der Waals surface area contributed by atoms with Crippen molar-refractivity contribution in [1.82, 2.24) is 20.0 Å². The molecule has 8 rings (SSSR count). The molecule has 0 aromatic carbocycles. The Labute approximate surface area is 329 Å². The van der Waals surface area contributed by atoms with Gasteiger partial charge >= 0.3 is 0 Å². The number of aliphatic hydroxyl groups is 1. The van der Waals surface area contributed by atoms with Gasteiger partial charge in [-0.2, -0.15) is 0 Å². The minimum Gasteiger partial charge on any atom is -0.393 e. The number of amides is 4. The second-order valence-electron chi connectivity index (χ2n) is 19.1. The van der Waals surface area contributed by atoms with Crippen LogP contribution in [-0.4, -0.2) is 107 Å². The predicted octanol–water partition coefficient (Wildman–Crippen LogP) is 6.00. The molecule has 5 aliphatic carbocycles. The summed E-state index contributed by atoms with van der Waals surface area (Å²) >= 11 is 0. The lowest BCUT2D eigenvalue weighted by Gasteiger charge is -2.42. The third kappa shape index (κ3) is 8.97. The molecule has 6 unspecified atom stereocenters. The molecule has 0 aromatic rings. The highest BCUT2D eigenvalue weighted by molar-refractivity contribution is 6.10. The zero-order valence-electron chi connectivity index (χ0n) is 33.8. The first-order chi connectivity index (χ1) is 26.8. The van der Waals surface area contributed by atoms with Crippen LogP contribution in [0.25, 0.3) is 0 Å². The maximum absolute atomic E-state index is 13.5. The molecule has 0 radical (unpaired) electrons. The molecule has 10 heteroatoms. The Morgan fingerprint density at radius 2 is 1.42 bits per heavy atom. The van der Waals surface area contributed by atoms with Crippen molar-refractivity contribution in [2.24, 2.45) is 41.4 Å². The van der Waals surface area contributed by atoms with E-state index in [0.717, 1.165) is 82.3 Å². The number of carbonyl (C=O) groups is 4. The number of nitrogens with zero attached hydrogens (tertiary/aromatic N) is 3. The number of carbonyl (C=O) groups excluding carboxylic acids is 4. The van der Waals surface area contributed by atoms with Gasteiger partial charge in [0.2, 0.25) is 23.6 Å². The second kappa shape index (κ2) is 17.8. The molecule has 306 valence electrons. The summed E-state index contributed by atoms with van der Waals surface area (Å²) in [6, 6.07) is -0.538. The van der Waals surface area contributed by atoms with Gasteiger partial charge in [0.25, 0.3) is 0 Å². The summed E-state index contributed by atoms with van der Waals surface area (Å²) in [5, 5.41) is 12.6. The van der Waals surface area contributed by atoms with E-state index in [1.165, 1.54) is 94.8 Å². The molecule has 3 saturated heterocycles. The molecule has 8 fully saturated rings. The summed E-state index contributed by atoms with van der Waals surface area (Å²) in [5.41, 5.74) is 3.69. The van der Waals surface area contributed by atoms with Gasteiger partial charge in [-0.15, -0.1) is 0 Å². The lowest BCUT2D eigenvalue weighted by molar-refractivity contribution is -0.151. The fraction of sp³-hybridized carbons (Fsp3) is 0.867. The third-order valence-electron chi connectivity index (χ3n) is 15.9. The van der Waals surface area contributed by atoms with E-state index in [9.17, 15) is 24.3 Å². The molecular formula is C45H70N4O6. The first kappa shape index (κ1) is 39.7. The van der Waals surface area contributed by atoms with Crippen molar-refractivity contribution >= 4 is 23.6 Å². The van der Waals surface area contributed by atoms with E-state index < -0.39 is 11.9 Å². The fourth-order valence-corrected chi connectivity index (χ4v) is 12.5. The van der Waals surface area contributed by atoms with Crippen molar-refractivity contribution in [3.8, 4) is 0 Å². The van der Waals surface area contributed by atoms with Gasteiger partial charge in [-0.05, 0) is 145 Å². The van der Waals surface area contributed by atoms with E-state index in [0.29, 0.717) is 30.9 Å². The zero-order valence-corrected chi connectivity index (χ0v) is 33.8. The molecule has 8 aliphatic rings. The lowest BCUT2D eigenvalue weighted by Crippen LogP contribution is -2.54. The number of piperazine rings is 1. The van der Waals surface area contributed by atoms with Gasteiger partial charge in [0.1, 0.15) is 6.04 Å². The van der Waals surface area contributed by atoms with Crippen LogP contribution < -0.4 is 5.32 Å². The normalized spacial score (nSPS) is 38.8. The van der Waals surface area contributed by atoms with E-state index in [4.69, 9.17) is 4.74 Å². The van der Waals surface area contributed by atoms with Gasteiger partial charge in [-0.3, -0.25) is 34.3 Å². The fourth-order valence-electron chi connectivity index (χ4n) is 12.5. The summed E-state index contributed by atoms with van der Waals surface area (Å²) in [6.07, 6.45) is 23.1. The van der Waals surface area contributed by atoms with Crippen LogP contribution in [0, 0.1) is 41.4 Å². The van der Waals surface area contributed by atoms with Crippen LogP contribution >= 0.6 is 0 Å². The van der Waals surface area contributed by atoms with Crippen LogP contribution in [0.2, 0.25) is 0 Å². The zero-order chi connectivity index (χ0) is 38.1. The Morgan fingerprint density at radius 1 is 0.727 bits per heavy atom. The first-order valence-corrected chi connectivity index (χ1v) is 23.0. The topological polar surface area (TPSA) is 119 Å². The van der Waals surface area contributed by atoms with Crippen LogP contribution in [0.3, 0.4) is 0 Å². The van der Waals surface area contributed by atoms with Gasteiger partial charge in [0.05, 0.1) is 30.7 Å². The third-order valence-corrected chi connectivity index (χ3v) is 15.9. The van der Waals surface area contributed by atoms with Crippen LogP contribution in [0.1, 0.15) is 142 Å². The Morgan fingerprint density at radius 3 is 2.11 bits per heavy atom. The minimum atomic E-state index is -0.841. The van der Waals surface area contributed by atoms with Crippen molar-refractivity contribution in [3.05, 3.63) is 11.1 Å². The molecule has 55 heavy (non-hydrogen) atoms. The molecule has 10 nitrogen and oxygen atoms in total. The second-order valence-corrected chi connectivity index (χ2v) is 19.1. The van der Waals surface area contributed by atoms with Crippen LogP contribution in [-0.2, 0) is 23.9 Å². The van der Waals surface area contributed by atoms with Gasteiger partial charge in [0.15, 0.2) is 0 Å². The van der Waals surface area contributed by atoms with E-state index in [2.05, 4.69) is 22.0 Å². The Balaban J connectivity index is 0.739. The average Bonchev–Trinajstić information content (AvgIpc) is 3.93. The number of rotatable bonds is 12. The Hall–Kier alpha value is -2.14. The molecule has 5 saturated carbocycles. The van der Waals surface area contributed by atoms with E-state index in [1.807, 2.05) is 11.1 Å². The number of allylic oxidation sites excluding steroid dienone is 2. The van der Waals surface area contributed by atoms with E-state index in [1.54, 1.807) is 0 Å². The maximum Gasteiger partial charge on any atom is 0.249 e. The average molecular weight is 763 g/mol. The number of hydrogen-bond acceptors (Lipinski definition) is 8. The van der Waals surface area contributed by atoms with Crippen molar-refractivity contribution in [2.75, 3.05) is 39.3 Å². The Kier molecular flexibility index (Phi) is 12.8. The maximum atomic E-state index is 13.5. The smallest absolute Gasteiger partial charge is 0.249 e. The van der Waals surface area contributed by atoms with Crippen molar-refractivity contribution in [2.45, 2.75) is 166 Å². The van der Waals surface area contributed by atoms with Crippen LogP contribution in [0.4, 0.5) is 0 Å². The number of fused-ring (bicyclic) bond motifs is 1. The van der Waals surface area contributed by atoms with Gasteiger partial charge in [0, 0.05) is 38.6 Å². The van der Waals surface area contributed by atoms with Crippen molar-refractivity contribution in [3.63, 3.8) is 0 Å². The number of nitrogens with one attached hydrogen (secondary N) is 1. The summed E-state index contributed by atoms with van der Waals surface area (Å²) in [4.78, 5) is 57.2. The SMILES string of the molecule is CC/C(=C(\C1CCC(O)CC1)C1CCC(OCC2CC2CCN2CCN(C3CCC4C(=O)N(C5CCC(=O)NC5=O)C(=O)C4C3)CC2)CC1)C1CCCCC1. The van der Waals surface area contributed by atoms with E-state index >= 15 is 0 Å². The quantitative estimate of drug-likeness (QED) is 0.184. The standard InChI is InChI=1S/C45H70N4O6/c1-2-37(29-6-4-3-5-7-29)42(30-8-13-35(50)14-9-30)31-10-15-36(16-11-31)55-28-33-26-32(33)20-21-47-22-24-48(25-23-47)34-12-17-38-39(27-34)45(54)49(44(38)53)40-18-19-41(51)46-43(40)52/h29-36,38-40,50H,2-28H2,1H3,(H,46,51,52)/b42-37-. The molecular weight excluding hydrogens is 693 g/mol. The Bertz CT molecular complexity index is 1420. The largest absolute Gasteiger partial charge is 0.393 e. The predicted molar refractivity (Wildman–Crippen MR) is 210 cm³/mol. The highest BCUT2D eigenvalue weighted by Gasteiger charge is 2.54. The van der Waals surface area contributed by atoms with Crippen LogP contribution in [0.5, 0.6) is 0 Å². The first-order valence-electron chi connectivity index (χ1n) is 23.0. The van der Waals surface area contributed by atoms with E-state index in [-0.39, 0.29) is 48.5 Å². The number of hydrogen-bond donors (Lipinski definition) is 2. The molecule has 3 aliphatic heterocycles. The number of aliphatic hydroxyl groups excluding tert-OH is 1. The number of ether oxygens (including phenoxy) is 1. The van der Waals surface area contributed by atoms with Crippen LogP contribution in [0.15, 0.2) is 11.1 Å². The van der Waals surface area contributed by atoms with Gasteiger partial charge in [-0.25, -0.2) is 0 Å². The molecule has 4 amide bonds. The number of likely N-dealkylation sites (tertiary alicyclic amines) is 1. The summed E-state index contributed by atoms with van der Waals surface area (Å²) < 4.78 is 6.64. The highest BCUT2D eigenvalue weighted by Crippen LogP contribution is 2.47. The summed E-state index contributed by atoms with van der Waals surface area (Å²) in [7, 11) is 0. The van der Waals surface area contributed by atoms with Crippen molar-refractivity contribution in [1.29, 1.82) is 0 Å². The van der Waals surface area contributed by atoms with Crippen molar-refractivity contribution < 1.29 is 29.0 Å². The number of piperidine rings is 1. The monoisotopic (exact) mass is 763 g/mol. The lowest BCUT2D eigenvalue weighted by atomic mass is 9.68. The highest BCUT2D eigenvalue weighted by atomic mass is 16.5.